The van der Waals surface area contributed by atoms with Crippen LogP contribution in [0, 0.1) is 0 Å². The van der Waals surface area contributed by atoms with Crippen LogP contribution in [0.4, 0.5) is 0 Å². The normalized spacial score (nSPS) is 22.4. The molecule has 1 aliphatic heterocycles. The van der Waals surface area contributed by atoms with Gasteiger partial charge in [0.25, 0.3) is 0 Å². The highest BCUT2D eigenvalue weighted by Crippen LogP contribution is 2.19. The summed E-state index contributed by atoms with van der Waals surface area (Å²) in [7, 11) is 0. The number of nitrogens with two attached hydrogens (primary N) is 1. The van der Waals surface area contributed by atoms with Crippen molar-refractivity contribution in [2.24, 2.45) is 5.73 Å². The van der Waals surface area contributed by atoms with Gasteiger partial charge in [0.1, 0.15) is 11.1 Å². The highest BCUT2D eigenvalue weighted by atomic mass is 32.1. The molecule has 19 heavy (non-hydrogen) atoms. The maximum atomic E-state index is 11.8. The molecule has 0 aliphatic carbocycles. The van der Waals surface area contributed by atoms with Gasteiger partial charge < -0.3 is 20.9 Å². The maximum Gasteiger partial charge on any atom is 0.355 e. The standard InChI is InChI=1S/C11H15N3O4S/c12-3-6-1-2-8(18-6)10(15)13-4-9-14-7(5-19-9)11(16)17/h5-6,8H,1-4,12H2,(H,13,15)(H,16,17). The Kier molecular flexibility index (Phi) is 4.46. The number of hydrogen-bond acceptors (Lipinski definition) is 6. The first kappa shape index (κ1) is 13.9. The fourth-order valence-corrected chi connectivity index (χ4v) is 2.55. The van der Waals surface area contributed by atoms with Gasteiger partial charge in [-0.3, -0.25) is 4.79 Å². The number of aromatic carboxylic acids is 1. The van der Waals surface area contributed by atoms with E-state index in [0.717, 1.165) is 6.42 Å². The van der Waals surface area contributed by atoms with Crippen LogP contribution in [0.15, 0.2) is 5.38 Å². The van der Waals surface area contributed by atoms with Crippen LogP contribution in [0.25, 0.3) is 0 Å². The minimum atomic E-state index is -1.07. The van der Waals surface area contributed by atoms with Crippen LogP contribution in [0.1, 0.15) is 28.3 Å². The number of amides is 1. The second-order valence-corrected chi connectivity index (χ2v) is 5.15. The summed E-state index contributed by atoms with van der Waals surface area (Å²) in [5.74, 6) is -1.28. The number of ether oxygens (including phenoxy) is 1. The predicted molar refractivity (Wildman–Crippen MR) is 67.9 cm³/mol. The van der Waals surface area contributed by atoms with Crippen LogP contribution in [0.2, 0.25) is 0 Å². The largest absolute Gasteiger partial charge is 0.476 e. The molecule has 2 rings (SSSR count). The molecule has 2 unspecified atom stereocenters. The Balaban J connectivity index is 1.81. The molecule has 0 bridgehead atoms. The molecule has 1 aromatic rings. The molecular formula is C11H15N3O4S. The molecule has 4 N–H and O–H groups in total. The SMILES string of the molecule is NCC1CCC(C(=O)NCc2nc(C(=O)O)cs2)O1. The number of hydrogen-bond donors (Lipinski definition) is 3. The van der Waals surface area contributed by atoms with Gasteiger partial charge in [0.05, 0.1) is 12.6 Å². The average Bonchev–Trinajstić information content (AvgIpc) is 3.04. The first-order chi connectivity index (χ1) is 9.10. The molecule has 0 aromatic carbocycles. The fourth-order valence-electron chi connectivity index (χ4n) is 1.84. The van der Waals surface area contributed by atoms with Crippen molar-refractivity contribution >= 4 is 23.2 Å². The zero-order valence-electron chi connectivity index (χ0n) is 10.2. The summed E-state index contributed by atoms with van der Waals surface area (Å²) >= 11 is 1.20. The highest BCUT2D eigenvalue weighted by molar-refractivity contribution is 7.09. The second kappa shape index (κ2) is 6.09. The summed E-state index contributed by atoms with van der Waals surface area (Å²) in [6.45, 7) is 0.627. The Morgan fingerprint density at radius 1 is 1.58 bits per heavy atom. The summed E-state index contributed by atoms with van der Waals surface area (Å²) in [4.78, 5) is 26.3. The van der Waals surface area contributed by atoms with Crippen molar-refractivity contribution < 1.29 is 19.4 Å². The monoisotopic (exact) mass is 285 g/mol. The van der Waals surface area contributed by atoms with Crippen LogP contribution in [0.5, 0.6) is 0 Å². The van der Waals surface area contributed by atoms with E-state index in [4.69, 9.17) is 15.6 Å². The van der Waals surface area contributed by atoms with Crippen molar-refractivity contribution in [3.8, 4) is 0 Å². The lowest BCUT2D eigenvalue weighted by atomic mass is 10.2. The van der Waals surface area contributed by atoms with E-state index in [9.17, 15) is 9.59 Å². The first-order valence-electron chi connectivity index (χ1n) is 5.91. The molecule has 1 fully saturated rings. The number of rotatable bonds is 5. The molecule has 0 spiro atoms. The predicted octanol–water partition coefficient (Wildman–Crippen LogP) is -0.0362. The molecule has 104 valence electrons. The van der Waals surface area contributed by atoms with E-state index in [1.165, 1.54) is 16.7 Å². The average molecular weight is 285 g/mol. The number of carbonyl (C=O) groups is 2. The molecule has 0 saturated carbocycles. The zero-order valence-corrected chi connectivity index (χ0v) is 11.0. The van der Waals surface area contributed by atoms with Gasteiger partial charge in [-0.05, 0) is 12.8 Å². The summed E-state index contributed by atoms with van der Waals surface area (Å²) < 4.78 is 5.46. The van der Waals surface area contributed by atoms with Gasteiger partial charge in [-0.15, -0.1) is 11.3 Å². The minimum absolute atomic E-state index is 0.00504. The van der Waals surface area contributed by atoms with Crippen molar-refractivity contribution in [2.75, 3.05) is 6.54 Å². The van der Waals surface area contributed by atoms with Crippen LogP contribution in [-0.4, -0.2) is 40.7 Å². The summed E-state index contributed by atoms with van der Waals surface area (Å²) in [6.07, 6.45) is 0.933. The molecule has 7 nitrogen and oxygen atoms in total. The van der Waals surface area contributed by atoms with Crippen molar-refractivity contribution in [1.82, 2.24) is 10.3 Å². The van der Waals surface area contributed by atoms with E-state index in [2.05, 4.69) is 10.3 Å². The molecule has 1 saturated heterocycles. The van der Waals surface area contributed by atoms with Crippen LogP contribution < -0.4 is 11.1 Å². The van der Waals surface area contributed by atoms with E-state index in [1.54, 1.807) is 0 Å². The fraction of sp³-hybridized carbons (Fsp3) is 0.545. The van der Waals surface area contributed by atoms with Crippen LogP contribution >= 0.6 is 11.3 Å². The molecule has 1 aliphatic rings. The number of thiazole rings is 1. The van der Waals surface area contributed by atoms with Crippen molar-refractivity contribution in [2.45, 2.75) is 31.6 Å². The van der Waals surface area contributed by atoms with Crippen molar-refractivity contribution in [3.63, 3.8) is 0 Å². The summed E-state index contributed by atoms with van der Waals surface area (Å²) in [5.41, 5.74) is 5.47. The first-order valence-corrected chi connectivity index (χ1v) is 6.79. The number of carboxylic acids is 1. The molecule has 1 aromatic heterocycles. The lowest BCUT2D eigenvalue weighted by Gasteiger charge is -2.11. The third-order valence-corrected chi connectivity index (χ3v) is 3.70. The van der Waals surface area contributed by atoms with Gasteiger partial charge in [-0.25, -0.2) is 9.78 Å². The number of carbonyl (C=O) groups excluding carboxylic acids is 1. The molecule has 0 radical (unpaired) electrons. The van der Waals surface area contributed by atoms with E-state index in [-0.39, 0.29) is 24.2 Å². The lowest BCUT2D eigenvalue weighted by molar-refractivity contribution is -0.132. The third kappa shape index (κ3) is 3.49. The molecule has 2 heterocycles. The maximum absolute atomic E-state index is 11.8. The summed E-state index contributed by atoms with van der Waals surface area (Å²) in [5, 5.41) is 13.4. The van der Waals surface area contributed by atoms with Gasteiger partial charge in [0.2, 0.25) is 5.91 Å². The smallest absolute Gasteiger partial charge is 0.355 e. The molecule has 8 heteroatoms. The van der Waals surface area contributed by atoms with Gasteiger partial charge in [0.15, 0.2) is 5.69 Å². The van der Waals surface area contributed by atoms with Crippen molar-refractivity contribution in [3.05, 3.63) is 16.1 Å². The van der Waals surface area contributed by atoms with Crippen molar-refractivity contribution in [1.29, 1.82) is 0 Å². The Morgan fingerprint density at radius 3 is 2.95 bits per heavy atom. The topological polar surface area (TPSA) is 115 Å². The van der Waals surface area contributed by atoms with E-state index < -0.39 is 12.1 Å². The van der Waals surface area contributed by atoms with Gasteiger partial charge in [-0.2, -0.15) is 0 Å². The number of nitrogens with one attached hydrogen (secondary N) is 1. The van der Waals surface area contributed by atoms with Gasteiger partial charge >= 0.3 is 5.97 Å². The van der Waals surface area contributed by atoms with Gasteiger partial charge in [0, 0.05) is 11.9 Å². The number of carboxylic acid groups (broad SMARTS) is 1. The molecule has 2 atom stereocenters. The second-order valence-electron chi connectivity index (χ2n) is 4.21. The molecule has 1 amide bonds. The minimum Gasteiger partial charge on any atom is -0.476 e. The third-order valence-electron chi connectivity index (χ3n) is 2.85. The van der Waals surface area contributed by atoms with E-state index in [0.29, 0.717) is 18.0 Å². The number of nitrogens with zero attached hydrogens (tertiary/aromatic N) is 1. The van der Waals surface area contributed by atoms with E-state index >= 15 is 0 Å². The Morgan fingerprint density at radius 2 is 2.37 bits per heavy atom. The lowest BCUT2D eigenvalue weighted by Crippen LogP contribution is -2.35. The highest BCUT2D eigenvalue weighted by Gasteiger charge is 2.29. The van der Waals surface area contributed by atoms with Crippen LogP contribution in [0.3, 0.4) is 0 Å². The Hall–Kier alpha value is -1.51. The zero-order chi connectivity index (χ0) is 13.8. The summed E-state index contributed by atoms with van der Waals surface area (Å²) in [6, 6.07) is 0. The van der Waals surface area contributed by atoms with E-state index in [1.807, 2.05) is 0 Å². The Bertz CT molecular complexity index is 476. The number of aromatic nitrogens is 1. The quantitative estimate of drug-likeness (QED) is 0.699. The Labute approximate surface area is 113 Å². The van der Waals surface area contributed by atoms with Gasteiger partial charge in [-0.1, -0.05) is 0 Å². The molecular weight excluding hydrogens is 270 g/mol. The van der Waals surface area contributed by atoms with Crippen LogP contribution in [-0.2, 0) is 16.1 Å².